The van der Waals surface area contributed by atoms with E-state index in [1.54, 1.807) is 13.8 Å². The van der Waals surface area contributed by atoms with Gasteiger partial charge in [0.25, 0.3) is 0 Å². The number of hydrogen-bond donors (Lipinski definition) is 0. The molecule has 0 spiro atoms. The lowest BCUT2D eigenvalue weighted by atomic mass is 10.2. The summed E-state index contributed by atoms with van der Waals surface area (Å²) in [6.07, 6.45) is -4.95. The fourth-order valence-electron chi connectivity index (χ4n) is 1.07. The first kappa shape index (κ1) is 11.8. The van der Waals surface area contributed by atoms with Crippen LogP contribution in [0.15, 0.2) is 18.2 Å². The molecule has 0 saturated heterocycles. The summed E-state index contributed by atoms with van der Waals surface area (Å²) in [5.74, 6) is -1.28. The molecule has 1 nitrogen and oxygen atoms in total. The number of benzene rings is 1. The molecule has 5 heteroatoms. The maximum atomic E-state index is 12.8. The fourth-order valence-corrected chi connectivity index (χ4v) is 1.07. The van der Waals surface area contributed by atoms with Crippen molar-refractivity contribution in [2.24, 2.45) is 0 Å². The van der Waals surface area contributed by atoms with Crippen LogP contribution in [0.3, 0.4) is 0 Å². The molecule has 0 aromatic heterocycles. The van der Waals surface area contributed by atoms with Crippen molar-refractivity contribution in [1.82, 2.24) is 0 Å². The molecule has 0 N–H and O–H groups in total. The zero-order valence-electron chi connectivity index (χ0n) is 8.23. The minimum Gasteiger partial charge on any atom is -0.491 e. The van der Waals surface area contributed by atoms with Crippen LogP contribution in [0.5, 0.6) is 5.75 Å². The van der Waals surface area contributed by atoms with Gasteiger partial charge in [-0.1, -0.05) is 0 Å². The summed E-state index contributed by atoms with van der Waals surface area (Å²) < 4.78 is 54.7. The number of alkyl halides is 3. The molecule has 0 aliphatic heterocycles. The van der Waals surface area contributed by atoms with Crippen molar-refractivity contribution in [3.05, 3.63) is 29.6 Å². The van der Waals surface area contributed by atoms with Gasteiger partial charge in [-0.05, 0) is 32.0 Å². The molecular weight excluding hydrogens is 212 g/mol. The number of rotatable bonds is 2. The standard InChI is InChI=1S/C10H10F4O/c1-6(2)15-7-3-4-9(11)8(5-7)10(12,13)14/h3-6H,1-2H3. The smallest absolute Gasteiger partial charge is 0.419 e. The van der Waals surface area contributed by atoms with Gasteiger partial charge in [-0.3, -0.25) is 0 Å². The summed E-state index contributed by atoms with van der Waals surface area (Å²) in [5, 5.41) is 0. The van der Waals surface area contributed by atoms with Gasteiger partial charge in [-0.2, -0.15) is 13.2 Å². The molecule has 0 bridgehead atoms. The van der Waals surface area contributed by atoms with E-state index in [1.807, 2.05) is 0 Å². The van der Waals surface area contributed by atoms with E-state index in [0.29, 0.717) is 6.07 Å². The maximum Gasteiger partial charge on any atom is 0.419 e. The van der Waals surface area contributed by atoms with Crippen molar-refractivity contribution in [2.75, 3.05) is 0 Å². The van der Waals surface area contributed by atoms with E-state index < -0.39 is 17.6 Å². The Morgan fingerprint density at radius 1 is 1.20 bits per heavy atom. The van der Waals surface area contributed by atoms with Crippen molar-refractivity contribution in [1.29, 1.82) is 0 Å². The second-order valence-electron chi connectivity index (χ2n) is 3.31. The van der Waals surface area contributed by atoms with Crippen LogP contribution in [-0.2, 0) is 6.18 Å². The van der Waals surface area contributed by atoms with Crippen LogP contribution < -0.4 is 4.74 Å². The Labute approximate surface area is 84.7 Å². The molecule has 0 aliphatic carbocycles. The molecule has 0 amide bonds. The molecule has 0 heterocycles. The second kappa shape index (κ2) is 4.08. The predicted octanol–water partition coefficient (Wildman–Crippen LogP) is 3.63. The summed E-state index contributed by atoms with van der Waals surface area (Å²) in [7, 11) is 0. The number of halogens is 4. The quantitative estimate of drug-likeness (QED) is 0.694. The first-order valence-electron chi connectivity index (χ1n) is 4.34. The summed E-state index contributed by atoms with van der Waals surface area (Å²) in [6.45, 7) is 3.35. The van der Waals surface area contributed by atoms with Gasteiger partial charge in [-0.15, -0.1) is 0 Å². The van der Waals surface area contributed by atoms with Crippen LogP contribution in [0.1, 0.15) is 19.4 Å². The van der Waals surface area contributed by atoms with Crippen molar-refractivity contribution < 1.29 is 22.3 Å². The molecule has 0 fully saturated rings. The van der Waals surface area contributed by atoms with Gasteiger partial charge < -0.3 is 4.74 Å². The van der Waals surface area contributed by atoms with Crippen molar-refractivity contribution in [2.45, 2.75) is 26.1 Å². The zero-order valence-corrected chi connectivity index (χ0v) is 8.23. The van der Waals surface area contributed by atoms with E-state index >= 15 is 0 Å². The lowest BCUT2D eigenvalue weighted by molar-refractivity contribution is -0.140. The molecule has 1 aromatic rings. The summed E-state index contributed by atoms with van der Waals surface area (Å²) in [6, 6.07) is 2.58. The average Bonchev–Trinajstić information content (AvgIpc) is 2.05. The van der Waals surface area contributed by atoms with Crippen LogP contribution in [0.4, 0.5) is 17.6 Å². The summed E-state index contributed by atoms with van der Waals surface area (Å²) in [4.78, 5) is 0. The fraction of sp³-hybridized carbons (Fsp3) is 0.400. The van der Waals surface area contributed by atoms with Crippen LogP contribution in [0.2, 0.25) is 0 Å². The molecule has 0 unspecified atom stereocenters. The SMILES string of the molecule is CC(C)Oc1ccc(F)c(C(F)(F)F)c1. The Hall–Kier alpha value is -1.26. The predicted molar refractivity (Wildman–Crippen MR) is 47.2 cm³/mol. The first-order chi connectivity index (χ1) is 6.80. The molecule has 0 atom stereocenters. The largest absolute Gasteiger partial charge is 0.491 e. The van der Waals surface area contributed by atoms with Crippen LogP contribution in [-0.4, -0.2) is 6.10 Å². The number of hydrogen-bond acceptors (Lipinski definition) is 1. The van der Waals surface area contributed by atoms with Crippen molar-refractivity contribution >= 4 is 0 Å². The third-order valence-electron chi connectivity index (χ3n) is 1.62. The van der Waals surface area contributed by atoms with Gasteiger partial charge in [0.05, 0.1) is 11.7 Å². The molecule has 15 heavy (non-hydrogen) atoms. The highest BCUT2D eigenvalue weighted by molar-refractivity contribution is 5.31. The molecule has 1 aromatic carbocycles. The minimum absolute atomic E-state index is 0.0127. The lowest BCUT2D eigenvalue weighted by Gasteiger charge is -2.13. The maximum absolute atomic E-state index is 12.8. The Bertz CT molecular complexity index is 344. The normalized spacial score (nSPS) is 11.9. The third kappa shape index (κ3) is 3.11. The van der Waals surface area contributed by atoms with E-state index in [-0.39, 0.29) is 11.9 Å². The molecule has 0 radical (unpaired) electrons. The molecule has 1 rings (SSSR count). The molecular formula is C10H10F4O. The Morgan fingerprint density at radius 3 is 2.27 bits per heavy atom. The number of ether oxygens (including phenoxy) is 1. The second-order valence-corrected chi connectivity index (χ2v) is 3.31. The highest BCUT2D eigenvalue weighted by atomic mass is 19.4. The first-order valence-corrected chi connectivity index (χ1v) is 4.34. The highest BCUT2D eigenvalue weighted by Crippen LogP contribution is 2.33. The Kier molecular flexibility index (Phi) is 3.21. The van der Waals surface area contributed by atoms with Gasteiger partial charge >= 0.3 is 6.18 Å². The third-order valence-corrected chi connectivity index (χ3v) is 1.62. The minimum atomic E-state index is -4.69. The van der Waals surface area contributed by atoms with Gasteiger partial charge in [0.15, 0.2) is 0 Å². The van der Waals surface area contributed by atoms with Gasteiger partial charge in [-0.25, -0.2) is 4.39 Å². The zero-order chi connectivity index (χ0) is 11.6. The average molecular weight is 222 g/mol. The molecule has 0 saturated carbocycles. The molecule has 84 valence electrons. The Morgan fingerprint density at radius 2 is 1.80 bits per heavy atom. The van der Waals surface area contributed by atoms with E-state index in [2.05, 4.69) is 0 Å². The van der Waals surface area contributed by atoms with E-state index in [1.165, 1.54) is 6.07 Å². The van der Waals surface area contributed by atoms with Gasteiger partial charge in [0, 0.05) is 0 Å². The van der Waals surface area contributed by atoms with Gasteiger partial charge in [0.1, 0.15) is 11.6 Å². The van der Waals surface area contributed by atoms with E-state index in [4.69, 9.17) is 4.74 Å². The van der Waals surface area contributed by atoms with Crippen molar-refractivity contribution in [3.8, 4) is 5.75 Å². The van der Waals surface area contributed by atoms with Crippen LogP contribution in [0.25, 0.3) is 0 Å². The monoisotopic (exact) mass is 222 g/mol. The summed E-state index contributed by atoms with van der Waals surface area (Å²) in [5.41, 5.74) is -1.30. The highest BCUT2D eigenvalue weighted by Gasteiger charge is 2.34. The van der Waals surface area contributed by atoms with Crippen LogP contribution in [0, 0.1) is 5.82 Å². The van der Waals surface area contributed by atoms with Crippen molar-refractivity contribution in [3.63, 3.8) is 0 Å². The Balaban J connectivity index is 3.06. The van der Waals surface area contributed by atoms with Crippen LogP contribution >= 0.6 is 0 Å². The van der Waals surface area contributed by atoms with Gasteiger partial charge in [0.2, 0.25) is 0 Å². The molecule has 0 aliphatic rings. The van der Waals surface area contributed by atoms with E-state index in [0.717, 1.165) is 6.07 Å². The van der Waals surface area contributed by atoms with E-state index in [9.17, 15) is 17.6 Å². The lowest BCUT2D eigenvalue weighted by Crippen LogP contribution is -2.10. The topological polar surface area (TPSA) is 9.23 Å². The summed E-state index contributed by atoms with van der Waals surface area (Å²) >= 11 is 0.